The van der Waals surface area contributed by atoms with Gasteiger partial charge in [0.1, 0.15) is 18.0 Å². The first-order chi connectivity index (χ1) is 32.1. The summed E-state index contributed by atoms with van der Waals surface area (Å²) in [5, 5.41) is 44.5. The van der Waals surface area contributed by atoms with Gasteiger partial charge in [-0.15, -0.1) is 0 Å². The molecule has 20 heteroatoms. The highest BCUT2D eigenvalue weighted by atomic mass is 16.5. The number of hydrogen-bond donors (Lipinski definition) is 9. The number of carboxylic acids is 4. The number of amides is 2. The van der Waals surface area contributed by atoms with Crippen molar-refractivity contribution >= 4 is 83.7 Å². The van der Waals surface area contributed by atoms with Crippen LogP contribution in [0.3, 0.4) is 0 Å². The van der Waals surface area contributed by atoms with E-state index in [4.69, 9.17) is 14.5 Å². The predicted octanol–water partition coefficient (Wildman–Crippen LogP) is 0.0829. The van der Waals surface area contributed by atoms with Gasteiger partial charge in [0.25, 0.3) is 0 Å². The maximum absolute atomic E-state index is 13.9. The number of ether oxygens (including phenoxy) is 2. The lowest BCUT2D eigenvalue weighted by Gasteiger charge is -2.37. The van der Waals surface area contributed by atoms with Crippen LogP contribution in [-0.2, 0) is 60.7 Å². The van der Waals surface area contributed by atoms with Crippen LogP contribution >= 0.6 is 0 Å². The number of rotatable bonds is 17. The molecule has 6 rings (SSSR count). The molecule has 1 aliphatic carbocycles. The lowest BCUT2D eigenvalue weighted by Crippen LogP contribution is -2.45. The number of aliphatic carboxylic acids is 4. The first kappa shape index (κ1) is 49.4. The van der Waals surface area contributed by atoms with Gasteiger partial charge in [-0.05, 0) is 98.2 Å². The number of fused-ring (bicyclic) bond motifs is 10. The molecule has 8 bridgehead atoms. The van der Waals surface area contributed by atoms with Crippen LogP contribution in [0.25, 0.3) is 30.4 Å². The number of allylic oxidation sites excluding steroid dienone is 2. The number of aromatic amines is 3. The Balaban J connectivity index is 1.61. The molecule has 0 saturated heterocycles. The highest BCUT2D eigenvalue weighted by Gasteiger charge is 2.55. The Morgan fingerprint density at radius 1 is 0.735 bits per heavy atom. The molecule has 2 aliphatic heterocycles. The van der Waals surface area contributed by atoms with E-state index in [0.29, 0.717) is 66.3 Å². The summed E-state index contributed by atoms with van der Waals surface area (Å²) < 4.78 is 10.4. The van der Waals surface area contributed by atoms with E-state index in [1.807, 2.05) is 26.0 Å². The van der Waals surface area contributed by atoms with E-state index in [-0.39, 0.29) is 31.3 Å². The van der Waals surface area contributed by atoms with Crippen LogP contribution < -0.4 is 32.0 Å². The Morgan fingerprint density at radius 2 is 1.31 bits per heavy atom. The van der Waals surface area contributed by atoms with E-state index >= 15 is 0 Å². The second-order valence-corrected chi connectivity index (χ2v) is 16.9. The maximum atomic E-state index is 13.9. The van der Waals surface area contributed by atoms with E-state index in [1.165, 1.54) is 20.3 Å². The zero-order chi connectivity index (χ0) is 49.9. The quantitative estimate of drug-likeness (QED) is 0.0811. The van der Waals surface area contributed by atoms with Crippen molar-refractivity contribution in [2.75, 3.05) is 14.2 Å². The van der Waals surface area contributed by atoms with Crippen molar-refractivity contribution in [1.82, 2.24) is 25.6 Å². The Bertz CT molecular complexity index is 3030. The fourth-order valence-corrected chi connectivity index (χ4v) is 9.16. The molecule has 3 aromatic rings. The number of nitrogens with one attached hydrogen (secondary N) is 5. The number of nitrogens with zero attached hydrogens (tertiary/aromatic N) is 1. The van der Waals surface area contributed by atoms with Crippen molar-refractivity contribution in [3.05, 3.63) is 96.0 Å². The second-order valence-electron chi connectivity index (χ2n) is 16.9. The van der Waals surface area contributed by atoms with Crippen LogP contribution in [0.2, 0.25) is 0 Å². The van der Waals surface area contributed by atoms with E-state index in [0.717, 1.165) is 11.1 Å². The van der Waals surface area contributed by atoms with Crippen molar-refractivity contribution in [3.63, 3.8) is 0 Å². The highest BCUT2D eigenvalue weighted by Crippen LogP contribution is 2.51. The fraction of sp³-hybridized carbons (Fsp3) is 0.354. The molecule has 3 aromatic heterocycles. The summed E-state index contributed by atoms with van der Waals surface area (Å²) in [5.74, 6) is -9.97. The Hall–Kier alpha value is -8.03. The maximum Gasteiger partial charge on any atom is 0.334 e. The van der Waals surface area contributed by atoms with Crippen LogP contribution in [0.4, 0.5) is 0 Å². The minimum absolute atomic E-state index is 0.00204. The van der Waals surface area contributed by atoms with Gasteiger partial charge in [-0.25, -0.2) is 14.4 Å². The third-order valence-corrected chi connectivity index (χ3v) is 12.8. The lowest BCUT2D eigenvalue weighted by molar-refractivity contribution is -0.149. The summed E-state index contributed by atoms with van der Waals surface area (Å²) in [6, 6.07) is -4.04. The first-order valence-electron chi connectivity index (χ1n) is 21.4. The smallest absolute Gasteiger partial charge is 0.334 e. The molecule has 0 aromatic carbocycles. The number of aromatic nitrogens is 3. The second kappa shape index (κ2) is 19.8. The van der Waals surface area contributed by atoms with Crippen LogP contribution in [0.15, 0.2) is 34.9 Å². The number of carbonyl (C=O) groups is 8. The summed E-state index contributed by atoms with van der Waals surface area (Å²) in [4.78, 5) is 116. The van der Waals surface area contributed by atoms with Gasteiger partial charge in [0, 0.05) is 56.9 Å². The van der Waals surface area contributed by atoms with Crippen LogP contribution in [0.1, 0.15) is 77.4 Å². The molecule has 5 atom stereocenters. The van der Waals surface area contributed by atoms with Gasteiger partial charge < -0.3 is 55.5 Å². The van der Waals surface area contributed by atoms with Gasteiger partial charge in [-0.1, -0.05) is 24.8 Å². The molecule has 2 amide bonds. The van der Waals surface area contributed by atoms with Crippen LogP contribution in [0.5, 0.6) is 0 Å². The standard InChI is InChI=1S/C48H52N6O14/c1-8-24-21(2)30-16-35-28-12-9-27(46(65)67-6)43(47(66)68-7)48(28,5)38(52-35)18-31-23(4)26(11-14-40(56)54-37(45(63)64)20-42(59)60)34(51-31)17-33-25(22(3)29(50-33)15-32(24)49-30)10-13-39(55)53-36(44(61)62)19-41(57)58/h8-9,12,15-18,35-37,43,49-51H,1,10-11,13-14,19-20H2,2-7H3,(H,53,55)(H,54,56)(H,57,58)(H,59,60)(H,61,62)(H,63,64)/b30-16+,31-18?,32-15-,34-17?/t35?,36-,37-,43-,48+/m0/s1. The molecule has 0 saturated carbocycles. The Labute approximate surface area is 387 Å². The molecule has 0 fully saturated rings. The summed E-state index contributed by atoms with van der Waals surface area (Å²) in [5.41, 5.74) is 5.04. The van der Waals surface area contributed by atoms with Crippen LogP contribution in [0, 0.1) is 32.1 Å². The van der Waals surface area contributed by atoms with E-state index in [1.54, 1.807) is 38.2 Å². The van der Waals surface area contributed by atoms with Crippen molar-refractivity contribution in [3.8, 4) is 0 Å². The molecule has 3 aliphatic rings. The minimum Gasteiger partial charge on any atom is -0.481 e. The molecule has 358 valence electrons. The molecular formula is C48H52N6O14. The Morgan fingerprint density at radius 3 is 1.85 bits per heavy atom. The average molecular weight is 937 g/mol. The molecule has 0 radical (unpaired) electrons. The number of methoxy groups -OCH3 is 2. The lowest BCUT2D eigenvalue weighted by atomic mass is 9.63. The predicted molar refractivity (Wildman–Crippen MR) is 245 cm³/mol. The van der Waals surface area contributed by atoms with E-state index in [2.05, 4.69) is 32.2 Å². The summed E-state index contributed by atoms with van der Waals surface area (Å²) in [6.45, 7) is 11.4. The molecule has 68 heavy (non-hydrogen) atoms. The minimum atomic E-state index is -1.69. The number of carboxylic acid groups (broad SMARTS) is 4. The van der Waals surface area contributed by atoms with Gasteiger partial charge in [-0.2, -0.15) is 0 Å². The molecule has 5 heterocycles. The highest BCUT2D eigenvalue weighted by molar-refractivity contribution is 6.20. The van der Waals surface area contributed by atoms with Crippen molar-refractivity contribution in [2.45, 2.75) is 84.3 Å². The van der Waals surface area contributed by atoms with Gasteiger partial charge >= 0.3 is 35.8 Å². The third-order valence-electron chi connectivity index (χ3n) is 12.8. The summed E-state index contributed by atoms with van der Waals surface area (Å²) in [6.07, 6.45) is 10.1. The summed E-state index contributed by atoms with van der Waals surface area (Å²) in [7, 11) is 2.43. The molecular weight excluding hydrogens is 885 g/mol. The monoisotopic (exact) mass is 936 g/mol. The first-order valence-corrected chi connectivity index (χ1v) is 21.4. The normalized spacial score (nSPS) is 19.8. The molecule has 1 unspecified atom stereocenters. The van der Waals surface area contributed by atoms with Crippen molar-refractivity contribution in [2.24, 2.45) is 16.3 Å². The third kappa shape index (κ3) is 9.74. The zero-order valence-electron chi connectivity index (χ0n) is 38.1. The SMILES string of the molecule is C=Cc1c(C)/c2[nH]/c1=C\c1[nH]c(c(CCC(=O)N[C@@H](CC(=O)O)C(=O)O)c1C)C=c1[nH]c(c(C)c1CCC(=O)N[C@@H](CC(=O)O)C(=O)O)=CC1=NC(/C=2)C2=CC=C(C(=O)OC)[C@@H](C(=O)OC)[C@]21C. The van der Waals surface area contributed by atoms with Gasteiger partial charge in [0.15, 0.2) is 0 Å². The topological polar surface area (TPSA) is 320 Å². The van der Waals surface area contributed by atoms with E-state index < -0.39 is 89.9 Å². The van der Waals surface area contributed by atoms with Gasteiger partial charge in [0.05, 0.1) is 44.1 Å². The van der Waals surface area contributed by atoms with Gasteiger partial charge in [0.2, 0.25) is 11.8 Å². The number of aliphatic imine (C=N–C) groups is 1. The number of H-pyrrole nitrogens is 3. The number of hydrogen-bond acceptors (Lipinski definition) is 11. The molecule has 0 spiro atoms. The average Bonchev–Trinajstić information content (AvgIpc) is 3.93. The van der Waals surface area contributed by atoms with Crippen molar-refractivity contribution in [1.29, 1.82) is 0 Å². The fourth-order valence-electron chi connectivity index (χ4n) is 9.16. The number of esters is 2. The summed E-state index contributed by atoms with van der Waals surface area (Å²) >= 11 is 0. The van der Waals surface area contributed by atoms with Gasteiger partial charge in [-0.3, -0.25) is 29.0 Å². The van der Waals surface area contributed by atoms with Crippen LogP contribution in [-0.4, -0.2) is 121 Å². The zero-order valence-corrected chi connectivity index (χ0v) is 38.1. The number of carbonyl (C=O) groups excluding carboxylic acids is 4. The largest absolute Gasteiger partial charge is 0.481 e. The van der Waals surface area contributed by atoms with E-state index in [9.17, 15) is 58.8 Å². The molecule has 20 nitrogen and oxygen atoms in total. The molecule has 9 N–H and O–H groups in total. The Kier molecular flexibility index (Phi) is 14.4. The van der Waals surface area contributed by atoms with Crippen molar-refractivity contribution < 1.29 is 68.3 Å².